The van der Waals surface area contributed by atoms with Crippen molar-refractivity contribution in [1.82, 2.24) is 4.98 Å². The SMILES string of the molecule is NCc1cccnc1CN. The van der Waals surface area contributed by atoms with Crippen molar-refractivity contribution >= 4 is 0 Å². The summed E-state index contributed by atoms with van der Waals surface area (Å²) in [6.07, 6.45) is 1.72. The fourth-order valence-electron chi connectivity index (χ4n) is 0.841. The van der Waals surface area contributed by atoms with E-state index in [2.05, 4.69) is 4.98 Å². The molecule has 1 heterocycles. The summed E-state index contributed by atoms with van der Waals surface area (Å²) >= 11 is 0. The zero-order valence-corrected chi connectivity index (χ0v) is 5.75. The molecule has 0 fully saturated rings. The lowest BCUT2D eigenvalue weighted by molar-refractivity contribution is 0.921. The average Bonchev–Trinajstić information content (AvgIpc) is 2.04. The monoisotopic (exact) mass is 137 g/mol. The molecule has 0 saturated carbocycles. The highest BCUT2D eigenvalue weighted by Crippen LogP contribution is 2.01. The van der Waals surface area contributed by atoms with E-state index in [1.54, 1.807) is 6.20 Å². The molecule has 1 rings (SSSR count). The maximum absolute atomic E-state index is 5.43. The second-order valence-corrected chi connectivity index (χ2v) is 2.02. The molecule has 0 spiro atoms. The standard InChI is InChI=1S/C7H11N3/c8-4-6-2-1-3-10-7(6)5-9/h1-3H,4-5,8-9H2. The Morgan fingerprint density at radius 2 is 2.10 bits per heavy atom. The van der Waals surface area contributed by atoms with E-state index in [0.29, 0.717) is 13.1 Å². The van der Waals surface area contributed by atoms with Crippen LogP contribution in [0.3, 0.4) is 0 Å². The zero-order valence-electron chi connectivity index (χ0n) is 5.75. The van der Waals surface area contributed by atoms with Crippen LogP contribution in [0.2, 0.25) is 0 Å². The van der Waals surface area contributed by atoms with Gasteiger partial charge in [0.25, 0.3) is 0 Å². The molecule has 0 aliphatic rings. The molecule has 3 nitrogen and oxygen atoms in total. The molecule has 3 heteroatoms. The van der Waals surface area contributed by atoms with Crippen molar-refractivity contribution in [3.8, 4) is 0 Å². The van der Waals surface area contributed by atoms with Crippen molar-refractivity contribution in [3.05, 3.63) is 29.6 Å². The van der Waals surface area contributed by atoms with Gasteiger partial charge in [-0.2, -0.15) is 0 Å². The summed E-state index contributed by atoms with van der Waals surface area (Å²) in [6, 6.07) is 3.80. The van der Waals surface area contributed by atoms with E-state index in [4.69, 9.17) is 11.5 Å². The van der Waals surface area contributed by atoms with Gasteiger partial charge >= 0.3 is 0 Å². The highest BCUT2D eigenvalue weighted by Gasteiger charge is 1.96. The summed E-state index contributed by atoms with van der Waals surface area (Å²) in [7, 11) is 0. The average molecular weight is 137 g/mol. The van der Waals surface area contributed by atoms with Crippen molar-refractivity contribution in [3.63, 3.8) is 0 Å². The minimum atomic E-state index is 0.466. The number of hydrogen-bond donors (Lipinski definition) is 2. The predicted octanol–water partition coefficient (Wildman–Crippen LogP) is -0.00100. The molecule has 0 atom stereocenters. The molecule has 1 aromatic heterocycles. The van der Waals surface area contributed by atoms with Crippen molar-refractivity contribution in [2.75, 3.05) is 0 Å². The van der Waals surface area contributed by atoms with Gasteiger partial charge in [0.15, 0.2) is 0 Å². The van der Waals surface area contributed by atoms with Gasteiger partial charge in [0.2, 0.25) is 0 Å². The lowest BCUT2D eigenvalue weighted by atomic mass is 10.2. The third kappa shape index (κ3) is 1.32. The van der Waals surface area contributed by atoms with Gasteiger partial charge in [-0.05, 0) is 11.6 Å². The summed E-state index contributed by atoms with van der Waals surface area (Å²) in [5.74, 6) is 0. The molecule has 4 N–H and O–H groups in total. The van der Waals surface area contributed by atoms with E-state index in [-0.39, 0.29) is 0 Å². The number of rotatable bonds is 2. The molecule has 0 radical (unpaired) electrons. The second kappa shape index (κ2) is 3.29. The first-order valence-corrected chi connectivity index (χ1v) is 3.21. The third-order valence-corrected chi connectivity index (χ3v) is 1.40. The number of hydrogen-bond acceptors (Lipinski definition) is 3. The smallest absolute Gasteiger partial charge is 0.0584 e. The first-order chi connectivity index (χ1) is 4.88. The molecular formula is C7H11N3. The summed E-state index contributed by atoms with van der Waals surface area (Å²) in [5, 5.41) is 0. The Morgan fingerprint density at radius 3 is 2.60 bits per heavy atom. The Hall–Kier alpha value is -0.930. The molecule has 0 amide bonds. The van der Waals surface area contributed by atoms with Crippen LogP contribution >= 0.6 is 0 Å². The summed E-state index contributed by atoms with van der Waals surface area (Å²) in [5.41, 5.74) is 12.8. The maximum atomic E-state index is 5.43. The van der Waals surface area contributed by atoms with Gasteiger partial charge in [-0.25, -0.2) is 0 Å². The van der Waals surface area contributed by atoms with Crippen LogP contribution in [0.25, 0.3) is 0 Å². The number of aromatic nitrogens is 1. The first-order valence-electron chi connectivity index (χ1n) is 3.21. The van der Waals surface area contributed by atoms with Crippen LogP contribution in [0, 0.1) is 0 Å². The molecule has 0 aliphatic carbocycles. The van der Waals surface area contributed by atoms with Gasteiger partial charge in [0.1, 0.15) is 0 Å². The van der Waals surface area contributed by atoms with Gasteiger partial charge in [-0.15, -0.1) is 0 Å². The Labute approximate surface area is 60.1 Å². The first kappa shape index (κ1) is 7.18. The topological polar surface area (TPSA) is 64.9 Å². The Bertz CT molecular complexity index is 187. The summed E-state index contributed by atoms with van der Waals surface area (Å²) < 4.78 is 0. The van der Waals surface area contributed by atoms with Crippen LogP contribution in [0.5, 0.6) is 0 Å². The van der Waals surface area contributed by atoms with Crippen molar-refractivity contribution in [2.24, 2.45) is 11.5 Å². The Balaban J connectivity index is 2.96. The summed E-state index contributed by atoms with van der Waals surface area (Å²) in [6.45, 7) is 0.980. The molecule has 0 unspecified atom stereocenters. The summed E-state index contributed by atoms with van der Waals surface area (Å²) in [4.78, 5) is 4.06. The molecule has 54 valence electrons. The Morgan fingerprint density at radius 1 is 1.30 bits per heavy atom. The lowest BCUT2D eigenvalue weighted by Gasteiger charge is -2.01. The van der Waals surface area contributed by atoms with E-state index >= 15 is 0 Å². The highest BCUT2D eigenvalue weighted by atomic mass is 14.7. The van der Waals surface area contributed by atoms with Crippen molar-refractivity contribution < 1.29 is 0 Å². The van der Waals surface area contributed by atoms with Crippen LogP contribution in [-0.4, -0.2) is 4.98 Å². The molecular weight excluding hydrogens is 126 g/mol. The zero-order chi connectivity index (χ0) is 7.40. The molecule has 0 aromatic carbocycles. The maximum Gasteiger partial charge on any atom is 0.0584 e. The van der Waals surface area contributed by atoms with Crippen LogP contribution < -0.4 is 11.5 Å². The van der Waals surface area contributed by atoms with E-state index in [1.165, 1.54) is 0 Å². The minimum Gasteiger partial charge on any atom is -0.326 e. The van der Waals surface area contributed by atoms with Gasteiger partial charge in [0, 0.05) is 19.3 Å². The predicted molar refractivity (Wildman–Crippen MR) is 40.0 cm³/mol. The van der Waals surface area contributed by atoms with Gasteiger partial charge in [-0.3, -0.25) is 4.98 Å². The molecule has 1 aromatic rings. The number of nitrogens with two attached hydrogens (primary N) is 2. The van der Waals surface area contributed by atoms with E-state index in [0.717, 1.165) is 11.3 Å². The lowest BCUT2D eigenvalue weighted by Crippen LogP contribution is -2.07. The van der Waals surface area contributed by atoms with Gasteiger partial charge in [0.05, 0.1) is 5.69 Å². The van der Waals surface area contributed by atoms with Crippen molar-refractivity contribution in [1.29, 1.82) is 0 Å². The van der Waals surface area contributed by atoms with Crippen LogP contribution in [-0.2, 0) is 13.1 Å². The minimum absolute atomic E-state index is 0.466. The fraction of sp³-hybridized carbons (Fsp3) is 0.286. The van der Waals surface area contributed by atoms with Gasteiger partial charge < -0.3 is 11.5 Å². The molecule has 10 heavy (non-hydrogen) atoms. The van der Waals surface area contributed by atoms with E-state index in [1.807, 2.05) is 12.1 Å². The van der Waals surface area contributed by atoms with Gasteiger partial charge in [-0.1, -0.05) is 6.07 Å². The molecule has 0 aliphatic heterocycles. The quantitative estimate of drug-likeness (QED) is 0.603. The highest BCUT2D eigenvalue weighted by molar-refractivity contribution is 5.18. The number of nitrogens with zero attached hydrogens (tertiary/aromatic N) is 1. The fourth-order valence-corrected chi connectivity index (χ4v) is 0.841. The largest absolute Gasteiger partial charge is 0.326 e. The number of pyridine rings is 1. The van der Waals surface area contributed by atoms with E-state index in [9.17, 15) is 0 Å². The van der Waals surface area contributed by atoms with Crippen LogP contribution in [0.1, 0.15) is 11.3 Å². The van der Waals surface area contributed by atoms with E-state index < -0.39 is 0 Å². The van der Waals surface area contributed by atoms with Crippen LogP contribution in [0.4, 0.5) is 0 Å². The normalized spacial score (nSPS) is 9.80. The molecule has 0 saturated heterocycles. The molecule has 0 bridgehead atoms. The van der Waals surface area contributed by atoms with Crippen LogP contribution in [0.15, 0.2) is 18.3 Å². The van der Waals surface area contributed by atoms with Crippen molar-refractivity contribution in [2.45, 2.75) is 13.1 Å². The third-order valence-electron chi connectivity index (χ3n) is 1.40. The second-order valence-electron chi connectivity index (χ2n) is 2.02. The Kier molecular flexibility index (Phi) is 2.36.